The van der Waals surface area contributed by atoms with Crippen LogP contribution in [-0.4, -0.2) is 44.4 Å². The van der Waals surface area contributed by atoms with E-state index < -0.39 is 0 Å². The Kier molecular flexibility index (Phi) is 5.25. The van der Waals surface area contributed by atoms with Gasteiger partial charge in [0.25, 0.3) is 5.91 Å². The summed E-state index contributed by atoms with van der Waals surface area (Å²) in [5, 5.41) is 4.69. The largest absolute Gasteiger partial charge is 0.351 e. The summed E-state index contributed by atoms with van der Waals surface area (Å²) in [6.45, 7) is 3.56. The third-order valence-corrected chi connectivity index (χ3v) is 5.58. The van der Waals surface area contributed by atoms with E-state index in [4.69, 9.17) is 0 Å². The molecule has 142 valence electrons. The smallest absolute Gasteiger partial charge is 0.270 e. The van der Waals surface area contributed by atoms with E-state index in [-0.39, 0.29) is 11.9 Å². The third-order valence-electron chi connectivity index (χ3n) is 5.58. The maximum Gasteiger partial charge on any atom is 0.270 e. The quantitative estimate of drug-likeness (QED) is 0.626. The van der Waals surface area contributed by atoms with Gasteiger partial charge in [-0.05, 0) is 44.7 Å². The van der Waals surface area contributed by atoms with Crippen LogP contribution in [-0.2, 0) is 6.54 Å². The maximum absolute atomic E-state index is 13.2. The first-order chi connectivity index (χ1) is 13.2. The number of aromatic amines is 2. The molecule has 2 unspecified atom stereocenters. The molecule has 0 saturated heterocycles. The number of benzene rings is 1. The third kappa shape index (κ3) is 3.90. The Hall–Kier alpha value is -2.60. The van der Waals surface area contributed by atoms with E-state index in [0.29, 0.717) is 11.7 Å². The van der Waals surface area contributed by atoms with Crippen molar-refractivity contribution in [3.8, 4) is 0 Å². The summed E-state index contributed by atoms with van der Waals surface area (Å²) < 4.78 is 0. The first-order valence-electron chi connectivity index (χ1n) is 9.84. The van der Waals surface area contributed by atoms with Gasteiger partial charge >= 0.3 is 0 Å². The zero-order valence-electron chi connectivity index (χ0n) is 15.7. The summed E-state index contributed by atoms with van der Waals surface area (Å²) in [6.07, 6.45) is 7.98. The van der Waals surface area contributed by atoms with Crippen LogP contribution in [0.1, 0.15) is 48.8 Å². The van der Waals surface area contributed by atoms with Crippen LogP contribution in [0.2, 0.25) is 0 Å². The molecule has 1 saturated carbocycles. The predicted molar refractivity (Wildman–Crippen MR) is 106 cm³/mol. The van der Waals surface area contributed by atoms with Gasteiger partial charge in [-0.3, -0.25) is 4.79 Å². The van der Waals surface area contributed by atoms with Crippen molar-refractivity contribution in [1.82, 2.24) is 25.2 Å². The molecule has 4 rings (SSSR count). The molecule has 0 radical (unpaired) electrons. The molecular weight excluding hydrogens is 338 g/mol. The van der Waals surface area contributed by atoms with Gasteiger partial charge in [0.05, 0.1) is 12.0 Å². The molecule has 6 heteroatoms. The Labute approximate surface area is 159 Å². The number of rotatable bonds is 6. The molecule has 1 amide bonds. The highest BCUT2D eigenvalue weighted by Gasteiger charge is 2.29. The van der Waals surface area contributed by atoms with Gasteiger partial charge in [-0.2, -0.15) is 0 Å². The van der Waals surface area contributed by atoms with Gasteiger partial charge in [0, 0.05) is 42.3 Å². The molecule has 0 aliphatic heterocycles. The molecule has 27 heavy (non-hydrogen) atoms. The number of fused-ring (bicyclic) bond motifs is 1. The standard InChI is InChI=1S/C21H27N5O/c1-2-26(21(27)20-10-15-6-3-4-9-19(15)25-20)18-8-5-7-16(11-18)23-13-17-12-22-14-24-17/h3-4,6,9-10,12,14,16,18,23,25H,2,5,7-8,11,13H2,1H3,(H,22,24). The van der Waals surface area contributed by atoms with Gasteiger partial charge in [-0.15, -0.1) is 0 Å². The van der Waals surface area contributed by atoms with Crippen LogP contribution in [0, 0.1) is 0 Å². The van der Waals surface area contributed by atoms with Crippen LogP contribution in [0.5, 0.6) is 0 Å². The summed E-state index contributed by atoms with van der Waals surface area (Å²) in [5.74, 6) is 0.103. The summed E-state index contributed by atoms with van der Waals surface area (Å²) in [7, 11) is 0. The molecule has 2 atom stereocenters. The van der Waals surface area contributed by atoms with Gasteiger partial charge in [0.15, 0.2) is 0 Å². The summed E-state index contributed by atoms with van der Waals surface area (Å²) in [6, 6.07) is 10.7. The highest BCUT2D eigenvalue weighted by atomic mass is 16.2. The van der Waals surface area contributed by atoms with Crippen molar-refractivity contribution in [2.75, 3.05) is 6.54 Å². The number of imidazole rings is 1. The van der Waals surface area contributed by atoms with Crippen molar-refractivity contribution in [3.63, 3.8) is 0 Å². The molecule has 0 spiro atoms. The zero-order valence-corrected chi connectivity index (χ0v) is 15.7. The van der Waals surface area contributed by atoms with Crippen molar-refractivity contribution in [2.45, 2.75) is 51.2 Å². The number of para-hydroxylation sites is 1. The average molecular weight is 365 g/mol. The fourth-order valence-electron chi connectivity index (χ4n) is 4.18. The number of carbonyl (C=O) groups excluding carboxylic acids is 1. The number of H-pyrrole nitrogens is 2. The van der Waals surface area contributed by atoms with Crippen LogP contribution < -0.4 is 5.32 Å². The number of carbonyl (C=O) groups is 1. The van der Waals surface area contributed by atoms with E-state index in [0.717, 1.165) is 55.4 Å². The number of nitrogens with one attached hydrogen (secondary N) is 3. The molecule has 3 aromatic rings. The second-order valence-corrected chi connectivity index (χ2v) is 7.32. The molecule has 3 N–H and O–H groups in total. The van der Waals surface area contributed by atoms with Crippen molar-refractivity contribution < 1.29 is 4.79 Å². The molecule has 1 aromatic carbocycles. The number of aromatic nitrogens is 3. The zero-order chi connectivity index (χ0) is 18.6. The van der Waals surface area contributed by atoms with Crippen LogP contribution in [0.3, 0.4) is 0 Å². The summed E-state index contributed by atoms with van der Waals surface area (Å²) in [5.41, 5.74) is 2.72. The monoisotopic (exact) mass is 365 g/mol. The first kappa shape index (κ1) is 17.8. The molecule has 1 aliphatic carbocycles. The minimum atomic E-state index is 0.103. The fraction of sp³-hybridized carbons (Fsp3) is 0.429. The first-order valence-corrected chi connectivity index (χ1v) is 9.84. The van der Waals surface area contributed by atoms with E-state index in [1.807, 2.05) is 41.4 Å². The van der Waals surface area contributed by atoms with Crippen molar-refractivity contribution in [2.24, 2.45) is 0 Å². The van der Waals surface area contributed by atoms with Crippen LogP contribution in [0.4, 0.5) is 0 Å². The Morgan fingerprint density at radius 3 is 3.00 bits per heavy atom. The van der Waals surface area contributed by atoms with Gasteiger partial charge in [-0.1, -0.05) is 18.2 Å². The second-order valence-electron chi connectivity index (χ2n) is 7.32. The van der Waals surface area contributed by atoms with Crippen LogP contribution >= 0.6 is 0 Å². The minimum absolute atomic E-state index is 0.103. The summed E-state index contributed by atoms with van der Waals surface area (Å²) >= 11 is 0. The average Bonchev–Trinajstić information content (AvgIpc) is 3.37. The highest BCUT2D eigenvalue weighted by molar-refractivity contribution is 5.98. The molecule has 1 aliphatic rings. The van der Waals surface area contributed by atoms with E-state index in [9.17, 15) is 4.79 Å². The van der Waals surface area contributed by atoms with Gasteiger partial charge < -0.3 is 20.2 Å². The van der Waals surface area contributed by atoms with Gasteiger partial charge in [-0.25, -0.2) is 4.98 Å². The lowest BCUT2D eigenvalue weighted by Crippen LogP contribution is -2.46. The van der Waals surface area contributed by atoms with E-state index in [1.165, 1.54) is 0 Å². The number of hydrogen-bond donors (Lipinski definition) is 3. The molecule has 6 nitrogen and oxygen atoms in total. The summed E-state index contributed by atoms with van der Waals surface area (Å²) in [4.78, 5) is 25.7. The fourth-order valence-corrected chi connectivity index (χ4v) is 4.18. The lowest BCUT2D eigenvalue weighted by atomic mass is 9.89. The number of nitrogens with zero attached hydrogens (tertiary/aromatic N) is 2. The molecule has 0 bridgehead atoms. The molecule has 2 aromatic heterocycles. The Morgan fingerprint density at radius 2 is 2.22 bits per heavy atom. The number of amides is 1. The minimum Gasteiger partial charge on any atom is -0.351 e. The predicted octanol–water partition coefficient (Wildman–Crippen LogP) is 3.45. The van der Waals surface area contributed by atoms with Crippen molar-refractivity contribution >= 4 is 16.8 Å². The normalized spacial score (nSPS) is 20.0. The second kappa shape index (κ2) is 7.96. The van der Waals surface area contributed by atoms with Crippen molar-refractivity contribution in [3.05, 3.63) is 54.2 Å². The van der Waals surface area contributed by atoms with Gasteiger partial charge in [0.2, 0.25) is 0 Å². The van der Waals surface area contributed by atoms with Gasteiger partial charge in [0.1, 0.15) is 5.69 Å². The van der Waals surface area contributed by atoms with E-state index in [1.54, 1.807) is 6.33 Å². The lowest BCUT2D eigenvalue weighted by molar-refractivity contribution is 0.0623. The van der Waals surface area contributed by atoms with Crippen LogP contribution in [0.25, 0.3) is 10.9 Å². The molecule has 2 heterocycles. The van der Waals surface area contributed by atoms with Crippen LogP contribution in [0.15, 0.2) is 42.9 Å². The molecule has 1 fully saturated rings. The maximum atomic E-state index is 13.2. The number of hydrogen-bond acceptors (Lipinski definition) is 3. The lowest BCUT2D eigenvalue weighted by Gasteiger charge is -2.37. The Morgan fingerprint density at radius 1 is 1.33 bits per heavy atom. The van der Waals surface area contributed by atoms with E-state index in [2.05, 4.69) is 27.2 Å². The topological polar surface area (TPSA) is 76.8 Å². The van der Waals surface area contributed by atoms with Crippen molar-refractivity contribution in [1.29, 1.82) is 0 Å². The van der Waals surface area contributed by atoms with E-state index >= 15 is 0 Å². The Bertz CT molecular complexity index is 852. The molecular formula is C21H27N5O. The Balaban J connectivity index is 1.43. The SMILES string of the molecule is CCN(C(=O)c1cc2ccccc2[nH]1)C1CCCC(NCc2c[nH]cn2)C1. The highest BCUT2D eigenvalue weighted by Crippen LogP contribution is 2.25.